The topological polar surface area (TPSA) is 65.4 Å². The predicted molar refractivity (Wildman–Crippen MR) is 118 cm³/mol. The summed E-state index contributed by atoms with van der Waals surface area (Å²) in [6, 6.07) is 17.6. The zero-order valence-corrected chi connectivity index (χ0v) is 18.0. The maximum atomic E-state index is 10.6. The molecule has 0 saturated carbocycles. The standard InChI is InChI=1S/C24H34N2O4/c1-19(20-8-4-3-5-9-20)22(28)17-26-14-12-25(13-15-26)16-21(27)18-30-24-11-7-6-10-23(24)29-2/h3-11,19,21-22,27-28H,12-18H2,1-2H3. The van der Waals surface area contributed by atoms with E-state index in [4.69, 9.17) is 9.47 Å². The molecule has 0 radical (unpaired) electrons. The van der Waals surface area contributed by atoms with Gasteiger partial charge in [-0.15, -0.1) is 0 Å². The van der Waals surface area contributed by atoms with Gasteiger partial charge in [-0.1, -0.05) is 49.4 Å². The number of hydrogen-bond acceptors (Lipinski definition) is 6. The molecular weight excluding hydrogens is 380 g/mol. The van der Waals surface area contributed by atoms with Crippen LogP contribution in [0, 0.1) is 0 Å². The van der Waals surface area contributed by atoms with Gasteiger partial charge in [-0.05, 0) is 17.7 Å². The molecule has 0 bridgehead atoms. The van der Waals surface area contributed by atoms with Gasteiger partial charge >= 0.3 is 0 Å². The summed E-state index contributed by atoms with van der Waals surface area (Å²) in [6.45, 7) is 7.07. The molecule has 3 atom stereocenters. The first-order valence-corrected chi connectivity index (χ1v) is 10.7. The number of β-amino-alcohol motifs (C(OH)–C–C–N with tert-alkyl or cyclic N) is 2. The molecule has 6 heteroatoms. The van der Waals surface area contributed by atoms with E-state index in [0.717, 1.165) is 26.2 Å². The van der Waals surface area contributed by atoms with E-state index in [-0.39, 0.29) is 12.5 Å². The van der Waals surface area contributed by atoms with Crippen LogP contribution in [0.4, 0.5) is 0 Å². The maximum absolute atomic E-state index is 10.6. The third-order valence-corrected chi connectivity index (χ3v) is 5.78. The van der Waals surface area contributed by atoms with Crippen LogP contribution in [-0.2, 0) is 0 Å². The van der Waals surface area contributed by atoms with Gasteiger partial charge in [0.15, 0.2) is 11.5 Å². The Morgan fingerprint density at radius 2 is 1.40 bits per heavy atom. The molecule has 2 N–H and O–H groups in total. The highest BCUT2D eigenvalue weighted by Gasteiger charge is 2.24. The molecule has 3 rings (SSSR count). The SMILES string of the molecule is COc1ccccc1OCC(O)CN1CCN(CC(O)C(C)c2ccccc2)CC1. The van der Waals surface area contributed by atoms with Crippen LogP contribution < -0.4 is 9.47 Å². The van der Waals surface area contributed by atoms with E-state index in [0.29, 0.717) is 24.6 Å². The second-order valence-corrected chi connectivity index (χ2v) is 7.98. The summed E-state index contributed by atoms with van der Waals surface area (Å²) in [5.74, 6) is 1.42. The van der Waals surface area contributed by atoms with Crippen molar-refractivity contribution in [2.75, 3.05) is 53.0 Å². The second kappa shape index (κ2) is 11.3. The molecule has 6 nitrogen and oxygen atoms in total. The Morgan fingerprint density at radius 1 is 0.833 bits per heavy atom. The lowest BCUT2D eigenvalue weighted by atomic mass is 9.95. The minimum atomic E-state index is -0.565. The number of para-hydroxylation sites is 2. The Hall–Kier alpha value is -2.12. The van der Waals surface area contributed by atoms with Gasteiger partial charge in [0.1, 0.15) is 12.7 Å². The average molecular weight is 415 g/mol. The predicted octanol–water partition coefficient (Wildman–Crippen LogP) is 2.22. The van der Waals surface area contributed by atoms with Crippen molar-refractivity contribution in [3.8, 4) is 11.5 Å². The number of hydrogen-bond donors (Lipinski definition) is 2. The van der Waals surface area contributed by atoms with E-state index < -0.39 is 12.2 Å². The molecule has 2 aromatic carbocycles. The van der Waals surface area contributed by atoms with Crippen molar-refractivity contribution in [1.29, 1.82) is 0 Å². The Kier molecular flexibility index (Phi) is 8.51. The third kappa shape index (κ3) is 6.44. The fourth-order valence-corrected chi connectivity index (χ4v) is 3.83. The molecule has 1 fully saturated rings. The molecule has 1 heterocycles. The summed E-state index contributed by atoms with van der Waals surface area (Å²) in [5, 5.41) is 21.0. The molecule has 1 aliphatic rings. The minimum absolute atomic E-state index is 0.109. The van der Waals surface area contributed by atoms with Gasteiger partial charge in [0, 0.05) is 45.2 Å². The molecule has 0 aromatic heterocycles. The Balaban J connectivity index is 1.38. The highest BCUT2D eigenvalue weighted by molar-refractivity contribution is 5.39. The lowest BCUT2D eigenvalue weighted by molar-refractivity contribution is 0.0294. The van der Waals surface area contributed by atoms with Crippen LogP contribution in [0.15, 0.2) is 54.6 Å². The van der Waals surface area contributed by atoms with Crippen LogP contribution in [0.3, 0.4) is 0 Å². The van der Waals surface area contributed by atoms with Gasteiger partial charge in [-0.25, -0.2) is 0 Å². The van der Waals surface area contributed by atoms with Crippen molar-refractivity contribution in [3.63, 3.8) is 0 Å². The van der Waals surface area contributed by atoms with E-state index in [9.17, 15) is 10.2 Å². The molecule has 1 aliphatic heterocycles. The number of methoxy groups -OCH3 is 1. The first kappa shape index (κ1) is 22.6. The summed E-state index contributed by atoms with van der Waals surface area (Å²) >= 11 is 0. The molecule has 3 unspecified atom stereocenters. The number of aliphatic hydroxyl groups excluding tert-OH is 2. The van der Waals surface area contributed by atoms with E-state index >= 15 is 0 Å². The van der Waals surface area contributed by atoms with Crippen LogP contribution in [0.5, 0.6) is 11.5 Å². The lowest BCUT2D eigenvalue weighted by Crippen LogP contribution is -2.51. The fraction of sp³-hybridized carbons (Fsp3) is 0.500. The highest BCUT2D eigenvalue weighted by Crippen LogP contribution is 2.26. The quantitative estimate of drug-likeness (QED) is 0.622. The van der Waals surface area contributed by atoms with E-state index in [1.165, 1.54) is 5.56 Å². The molecule has 164 valence electrons. The van der Waals surface area contributed by atoms with Gasteiger partial charge < -0.3 is 19.7 Å². The number of nitrogens with zero attached hydrogens (tertiary/aromatic N) is 2. The third-order valence-electron chi connectivity index (χ3n) is 5.78. The van der Waals surface area contributed by atoms with E-state index in [1.807, 2.05) is 42.5 Å². The molecule has 1 saturated heterocycles. The van der Waals surface area contributed by atoms with Crippen molar-refractivity contribution < 1.29 is 19.7 Å². The Morgan fingerprint density at radius 3 is 2.03 bits per heavy atom. The van der Waals surface area contributed by atoms with Crippen LogP contribution in [0.25, 0.3) is 0 Å². The van der Waals surface area contributed by atoms with Crippen LogP contribution in [0.2, 0.25) is 0 Å². The summed E-state index contributed by atoms with van der Waals surface area (Å²) in [7, 11) is 1.61. The van der Waals surface area contributed by atoms with Crippen molar-refractivity contribution in [1.82, 2.24) is 9.80 Å². The monoisotopic (exact) mass is 414 g/mol. The van der Waals surface area contributed by atoms with Crippen molar-refractivity contribution >= 4 is 0 Å². The molecule has 0 spiro atoms. The van der Waals surface area contributed by atoms with Crippen LogP contribution in [0.1, 0.15) is 18.4 Å². The van der Waals surface area contributed by atoms with Crippen molar-refractivity contribution in [3.05, 3.63) is 60.2 Å². The molecular formula is C24H34N2O4. The van der Waals surface area contributed by atoms with Gasteiger partial charge in [-0.3, -0.25) is 9.80 Å². The first-order valence-electron chi connectivity index (χ1n) is 10.7. The number of rotatable bonds is 10. The molecule has 0 aliphatic carbocycles. The number of aliphatic hydroxyl groups is 2. The van der Waals surface area contributed by atoms with Gasteiger partial charge in [0.25, 0.3) is 0 Å². The highest BCUT2D eigenvalue weighted by atomic mass is 16.5. The Bertz CT molecular complexity index is 750. The maximum Gasteiger partial charge on any atom is 0.161 e. The fourth-order valence-electron chi connectivity index (χ4n) is 3.83. The van der Waals surface area contributed by atoms with Crippen molar-refractivity contribution in [2.24, 2.45) is 0 Å². The zero-order chi connectivity index (χ0) is 21.3. The minimum Gasteiger partial charge on any atom is -0.493 e. The number of benzene rings is 2. The number of piperazine rings is 1. The number of ether oxygens (including phenoxy) is 2. The molecule has 30 heavy (non-hydrogen) atoms. The van der Waals surface area contributed by atoms with Crippen molar-refractivity contribution in [2.45, 2.75) is 25.0 Å². The normalized spacial score (nSPS) is 18.5. The van der Waals surface area contributed by atoms with Gasteiger partial charge in [0.05, 0.1) is 13.2 Å². The molecule has 2 aromatic rings. The second-order valence-electron chi connectivity index (χ2n) is 7.98. The smallest absolute Gasteiger partial charge is 0.161 e. The largest absolute Gasteiger partial charge is 0.493 e. The lowest BCUT2D eigenvalue weighted by Gasteiger charge is -2.37. The zero-order valence-electron chi connectivity index (χ0n) is 18.0. The van der Waals surface area contributed by atoms with Gasteiger partial charge in [-0.2, -0.15) is 0 Å². The summed E-state index contributed by atoms with van der Waals surface area (Å²) < 4.78 is 11.0. The van der Waals surface area contributed by atoms with Crippen LogP contribution in [-0.4, -0.2) is 85.2 Å². The van der Waals surface area contributed by atoms with Crippen LogP contribution >= 0.6 is 0 Å². The first-order chi connectivity index (χ1) is 14.6. The van der Waals surface area contributed by atoms with E-state index in [1.54, 1.807) is 7.11 Å². The summed E-state index contributed by atoms with van der Waals surface area (Å²) in [6.07, 6.45) is -0.955. The molecule has 0 amide bonds. The van der Waals surface area contributed by atoms with E-state index in [2.05, 4.69) is 28.9 Å². The average Bonchev–Trinajstić information content (AvgIpc) is 2.79. The summed E-state index contributed by atoms with van der Waals surface area (Å²) in [5.41, 5.74) is 1.17. The Labute approximate surface area is 179 Å². The summed E-state index contributed by atoms with van der Waals surface area (Å²) in [4.78, 5) is 4.55. The van der Waals surface area contributed by atoms with Gasteiger partial charge in [0.2, 0.25) is 0 Å².